The van der Waals surface area contributed by atoms with Gasteiger partial charge in [0.15, 0.2) is 0 Å². The van der Waals surface area contributed by atoms with Crippen molar-refractivity contribution in [3.8, 4) is 11.3 Å². The van der Waals surface area contributed by atoms with Gasteiger partial charge in [-0.25, -0.2) is 9.37 Å². The number of benzene rings is 2. The third-order valence-corrected chi connectivity index (χ3v) is 6.45. The van der Waals surface area contributed by atoms with Crippen LogP contribution in [0.25, 0.3) is 22.2 Å². The Labute approximate surface area is 187 Å². The van der Waals surface area contributed by atoms with Gasteiger partial charge in [-0.15, -0.1) is 0 Å². The molecule has 0 aliphatic carbocycles. The van der Waals surface area contributed by atoms with E-state index in [1.165, 1.54) is 12.1 Å². The van der Waals surface area contributed by atoms with Crippen LogP contribution in [0.4, 0.5) is 4.39 Å². The smallest absolute Gasteiger partial charge is 0.254 e. The molecule has 0 radical (unpaired) electrons. The minimum Gasteiger partial charge on any atom is -0.377 e. The van der Waals surface area contributed by atoms with Crippen LogP contribution in [0.2, 0.25) is 0 Å². The highest BCUT2D eigenvalue weighted by Gasteiger charge is 2.25. The predicted octanol–water partition coefficient (Wildman–Crippen LogP) is 4.37. The van der Waals surface area contributed by atoms with Crippen LogP contribution in [0.5, 0.6) is 0 Å². The Morgan fingerprint density at radius 1 is 1.03 bits per heavy atom. The number of para-hydroxylation sites is 1. The summed E-state index contributed by atoms with van der Waals surface area (Å²) in [4.78, 5) is 22.8. The van der Waals surface area contributed by atoms with E-state index >= 15 is 0 Å². The topological polar surface area (TPSA) is 45.7 Å². The van der Waals surface area contributed by atoms with Gasteiger partial charge in [0, 0.05) is 43.7 Å². The SMILES string of the molecule is O=C(c1cc(-c2ccc(F)cc2)nc2ccccc12)N1CCCN(C[C@@H]2CCCO2)CC1. The fraction of sp³-hybridized carbons (Fsp3) is 0.385. The highest BCUT2D eigenvalue weighted by atomic mass is 19.1. The zero-order chi connectivity index (χ0) is 21.9. The Hall–Kier alpha value is -2.83. The van der Waals surface area contributed by atoms with Crippen LogP contribution < -0.4 is 0 Å². The number of hydrogen-bond acceptors (Lipinski definition) is 4. The van der Waals surface area contributed by atoms with Gasteiger partial charge in [-0.2, -0.15) is 0 Å². The van der Waals surface area contributed by atoms with Crippen LogP contribution in [-0.4, -0.2) is 66.1 Å². The largest absolute Gasteiger partial charge is 0.377 e. The molecule has 0 spiro atoms. The number of carbonyl (C=O) groups excluding carboxylic acids is 1. The van der Waals surface area contributed by atoms with Crippen LogP contribution in [0.1, 0.15) is 29.6 Å². The van der Waals surface area contributed by atoms with Gasteiger partial charge < -0.3 is 9.64 Å². The van der Waals surface area contributed by atoms with Crippen LogP contribution >= 0.6 is 0 Å². The number of pyridine rings is 1. The summed E-state index contributed by atoms with van der Waals surface area (Å²) in [5, 5.41) is 0.851. The lowest BCUT2D eigenvalue weighted by molar-refractivity contribution is 0.0705. The van der Waals surface area contributed by atoms with Crippen molar-refractivity contribution in [3.05, 3.63) is 66.0 Å². The third kappa shape index (κ3) is 4.52. The lowest BCUT2D eigenvalue weighted by Crippen LogP contribution is -2.37. The number of carbonyl (C=O) groups is 1. The highest BCUT2D eigenvalue weighted by Crippen LogP contribution is 2.26. The van der Waals surface area contributed by atoms with Gasteiger partial charge in [0.25, 0.3) is 5.91 Å². The minimum atomic E-state index is -0.289. The van der Waals surface area contributed by atoms with Crippen molar-refractivity contribution in [2.75, 3.05) is 39.3 Å². The average Bonchev–Trinajstić information content (AvgIpc) is 3.22. The fourth-order valence-corrected chi connectivity index (χ4v) is 4.72. The Morgan fingerprint density at radius 3 is 2.69 bits per heavy atom. The molecular formula is C26H28FN3O2. The van der Waals surface area contributed by atoms with E-state index in [1.54, 1.807) is 12.1 Å². The van der Waals surface area contributed by atoms with Gasteiger partial charge in [0.2, 0.25) is 0 Å². The van der Waals surface area contributed by atoms with E-state index in [4.69, 9.17) is 9.72 Å². The molecule has 1 aromatic heterocycles. The van der Waals surface area contributed by atoms with Gasteiger partial charge in [0.05, 0.1) is 22.9 Å². The molecule has 1 amide bonds. The summed E-state index contributed by atoms with van der Waals surface area (Å²) in [6.45, 7) is 5.11. The van der Waals surface area contributed by atoms with E-state index < -0.39 is 0 Å². The molecule has 0 unspecified atom stereocenters. The van der Waals surface area contributed by atoms with Gasteiger partial charge in [-0.05, 0) is 62.2 Å². The summed E-state index contributed by atoms with van der Waals surface area (Å²) >= 11 is 0. The number of hydrogen-bond donors (Lipinski definition) is 0. The maximum absolute atomic E-state index is 13.7. The molecule has 0 bridgehead atoms. The number of amides is 1. The highest BCUT2D eigenvalue weighted by molar-refractivity contribution is 6.07. The van der Waals surface area contributed by atoms with Crippen LogP contribution in [0, 0.1) is 5.82 Å². The first-order valence-electron chi connectivity index (χ1n) is 11.5. The maximum Gasteiger partial charge on any atom is 0.254 e. The summed E-state index contributed by atoms with van der Waals surface area (Å²) in [6.07, 6.45) is 3.56. The van der Waals surface area contributed by atoms with Crippen LogP contribution in [0.15, 0.2) is 54.6 Å². The van der Waals surface area contributed by atoms with Crippen LogP contribution in [0.3, 0.4) is 0 Å². The molecule has 166 valence electrons. The van der Waals surface area contributed by atoms with Gasteiger partial charge in [-0.3, -0.25) is 9.69 Å². The number of aromatic nitrogens is 1. The number of fused-ring (bicyclic) bond motifs is 1. The zero-order valence-electron chi connectivity index (χ0n) is 18.2. The maximum atomic E-state index is 13.7. The van der Waals surface area contributed by atoms with Crippen molar-refractivity contribution in [2.24, 2.45) is 0 Å². The van der Waals surface area contributed by atoms with Gasteiger partial charge >= 0.3 is 0 Å². The molecule has 2 saturated heterocycles. The van der Waals surface area contributed by atoms with E-state index in [0.29, 0.717) is 23.9 Å². The Bertz CT molecular complexity index is 1100. The normalized spacial score (nSPS) is 19.9. The third-order valence-electron chi connectivity index (χ3n) is 6.45. The van der Waals surface area contributed by atoms with E-state index in [9.17, 15) is 9.18 Å². The molecule has 2 aliphatic heterocycles. The first-order valence-corrected chi connectivity index (χ1v) is 11.5. The number of nitrogens with zero attached hydrogens (tertiary/aromatic N) is 3. The van der Waals surface area contributed by atoms with Gasteiger partial charge in [-0.1, -0.05) is 18.2 Å². The monoisotopic (exact) mass is 433 g/mol. The lowest BCUT2D eigenvalue weighted by Gasteiger charge is -2.24. The van der Waals surface area contributed by atoms with Crippen molar-refractivity contribution in [1.82, 2.24) is 14.8 Å². The van der Waals surface area contributed by atoms with E-state index in [0.717, 1.165) is 68.5 Å². The summed E-state index contributed by atoms with van der Waals surface area (Å²) in [5.74, 6) is -0.256. The summed E-state index contributed by atoms with van der Waals surface area (Å²) < 4.78 is 19.2. The Kier molecular flexibility index (Phi) is 6.14. The number of halogens is 1. The molecule has 0 N–H and O–H groups in total. The quantitative estimate of drug-likeness (QED) is 0.613. The van der Waals surface area contributed by atoms with Crippen molar-refractivity contribution >= 4 is 16.8 Å². The molecule has 2 aromatic carbocycles. The number of ether oxygens (including phenoxy) is 1. The summed E-state index contributed by atoms with van der Waals surface area (Å²) in [7, 11) is 0. The molecular weight excluding hydrogens is 405 g/mol. The second kappa shape index (κ2) is 9.35. The zero-order valence-corrected chi connectivity index (χ0v) is 18.2. The van der Waals surface area contributed by atoms with E-state index in [2.05, 4.69) is 4.90 Å². The molecule has 1 atom stereocenters. The Balaban J connectivity index is 1.40. The summed E-state index contributed by atoms with van der Waals surface area (Å²) in [5.41, 5.74) is 2.90. The molecule has 5 nitrogen and oxygen atoms in total. The molecule has 3 heterocycles. The fourth-order valence-electron chi connectivity index (χ4n) is 4.72. The molecule has 6 heteroatoms. The lowest BCUT2D eigenvalue weighted by atomic mass is 10.0. The average molecular weight is 434 g/mol. The second-order valence-electron chi connectivity index (χ2n) is 8.66. The van der Waals surface area contributed by atoms with Crippen molar-refractivity contribution in [2.45, 2.75) is 25.4 Å². The van der Waals surface area contributed by atoms with Gasteiger partial charge in [0.1, 0.15) is 5.82 Å². The molecule has 2 fully saturated rings. The molecule has 2 aliphatic rings. The number of rotatable bonds is 4. The molecule has 3 aromatic rings. The second-order valence-corrected chi connectivity index (χ2v) is 8.66. The Morgan fingerprint density at radius 2 is 1.88 bits per heavy atom. The standard InChI is InChI=1S/C26H28FN3O2/c27-20-10-8-19(9-11-20)25-17-23(22-6-1-2-7-24(22)28-25)26(31)30-13-4-12-29(14-15-30)18-21-5-3-16-32-21/h1-2,6-11,17,21H,3-5,12-16,18H2/t21-/m0/s1. The van der Waals surface area contributed by atoms with Crippen molar-refractivity contribution in [3.63, 3.8) is 0 Å². The van der Waals surface area contributed by atoms with Crippen molar-refractivity contribution in [1.29, 1.82) is 0 Å². The molecule has 32 heavy (non-hydrogen) atoms. The van der Waals surface area contributed by atoms with Crippen LogP contribution in [-0.2, 0) is 4.74 Å². The molecule has 5 rings (SSSR count). The van der Waals surface area contributed by atoms with E-state index in [1.807, 2.05) is 35.2 Å². The van der Waals surface area contributed by atoms with E-state index in [-0.39, 0.29) is 11.7 Å². The predicted molar refractivity (Wildman–Crippen MR) is 123 cm³/mol. The first kappa shape index (κ1) is 21.0. The minimum absolute atomic E-state index is 0.0333. The van der Waals surface area contributed by atoms with Crippen molar-refractivity contribution < 1.29 is 13.9 Å². The first-order chi connectivity index (χ1) is 15.7. The summed E-state index contributed by atoms with van der Waals surface area (Å²) in [6, 6.07) is 15.8. The molecule has 0 saturated carbocycles.